The predicted octanol–water partition coefficient (Wildman–Crippen LogP) is 3.42. The SMILES string of the molecule is CCC1(C)CN(CC2CCCC2)C(C)(C2CC2)CN1. The molecule has 0 spiro atoms. The molecule has 2 saturated carbocycles. The average molecular weight is 264 g/mol. The first-order valence-corrected chi connectivity index (χ1v) is 8.56. The summed E-state index contributed by atoms with van der Waals surface area (Å²) in [5.74, 6) is 1.94. The molecule has 2 nitrogen and oxygen atoms in total. The van der Waals surface area contributed by atoms with Gasteiger partial charge in [0.15, 0.2) is 0 Å². The second kappa shape index (κ2) is 5.04. The summed E-state index contributed by atoms with van der Waals surface area (Å²) >= 11 is 0. The molecule has 0 aromatic rings. The van der Waals surface area contributed by atoms with Crippen molar-refractivity contribution in [2.75, 3.05) is 19.6 Å². The van der Waals surface area contributed by atoms with Gasteiger partial charge in [0.05, 0.1) is 0 Å². The maximum atomic E-state index is 3.87. The van der Waals surface area contributed by atoms with E-state index in [9.17, 15) is 0 Å². The van der Waals surface area contributed by atoms with Crippen molar-refractivity contribution >= 4 is 0 Å². The molecule has 2 unspecified atom stereocenters. The molecule has 1 aliphatic heterocycles. The van der Waals surface area contributed by atoms with Crippen molar-refractivity contribution < 1.29 is 0 Å². The molecule has 2 heteroatoms. The van der Waals surface area contributed by atoms with Crippen LogP contribution in [-0.4, -0.2) is 35.6 Å². The van der Waals surface area contributed by atoms with E-state index < -0.39 is 0 Å². The zero-order valence-corrected chi connectivity index (χ0v) is 13.2. The minimum absolute atomic E-state index is 0.340. The van der Waals surface area contributed by atoms with Crippen LogP contribution in [0.2, 0.25) is 0 Å². The minimum atomic E-state index is 0.340. The molecule has 0 bridgehead atoms. The monoisotopic (exact) mass is 264 g/mol. The molecule has 2 atom stereocenters. The summed E-state index contributed by atoms with van der Waals surface area (Å²) in [4.78, 5) is 2.89. The van der Waals surface area contributed by atoms with Crippen LogP contribution in [0.15, 0.2) is 0 Å². The lowest BCUT2D eigenvalue weighted by atomic mass is 9.83. The van der Waals surface area contributed by atoms with Crippen molar-refractivity contribution in [3.05, 3.63) is 0 Å². The predicted molar refractivity (Wildman–Crippen MR) is 81.4 cm³/mol. The standard InChI is InChI=1S/C17H32N2/c1-4-16(2)13-19(11-14-7-5-6-8-14)17(3,12-18-16)15-9-10-15/h14-15,18H,4-13H2,1-3H3. The lowest BCUT2D eigenvalue weighted by Gasteiger charge is -2.53. The maximum Gasteiger partial charge on any atom is 0.0335 e. The topological polar surface area (TPSA) is 15.3 Å². The van der Waals surface area contributed by atoms with E-state index in [1.807, 2.05) is 0 Å². The van der Waals surface area contributed by atoms with Crippen LogP contribution in [0.25, 0.3) is 0 Å². The molecule has 1 saturated heterocycles. The molecule has 0 aromatic heterocycles. The summed E-state index contributed by atoms with van der Waals surface area (Å²) in [7, 11) is 0. The second-order valence-corrected chi connectivity index (χ2v) is 7.93. The van der Waals surface area contributed by atoms with Gasteiger partial charge in [0.25, 0.3) is 0 Å². The highest BCUT2D eigenvalue weighted by atomic mass is 15.3. The van der Waals surface area contributed by atoms with Crippen LogP contribution in [0.4, 0.5) is 0 Å². The molecule has 1 heterocycles. The molecular weight excluding hydrogens is 232 g/mol. The van der Waals surface area contributed by atoms with E-state index in [-0.39, 0.29) is 0 Å². The first kappa shape index (κ1) is 13.9. The smallest absolute Gasteiger partial charge is 0.0335 e. The first-order chi connectivity index (χ1) is 9.06. The van der Waals surface area contributed by atoms with Crippen molar-refractivity contribution in [1.29, 1.82) is 0 Å². The Bertz CT molecular complexity index is 319. The third kappa shape index (κ3) is 2.71. The van der Waals surface area contributed by atoms with Crippen molar-refractivity contribution in [1.82, 2.24) is 10.2 Å². The third-order valence-corrected chi connectivity index (χ3v) is 6.33. The Morgan fingerprint density at radius 2 is 1.79 bits per heavy atom. The maximum absolute atomic E-state index is 3.87. The molecule has 3 fully saturated rings. The lowest BCUT2D eigenvalue weighted by molar-refractivity contribution is -0.00519. The summed E-state index contributed by atoms with van der Waals surface area (Å²) in [5, 5.41) is 3.87. The Labute approximate surface area is 119 Å². The Hall–Kier alpha value is -0.0800. The van der Waals surface area contributed by atoms with E-state index in [4.69, 9.17) is 0 Å². The Kier molecular flexibility index (Phi) is 3.68. The van der Waals surface area contributed by atoms with Gasteiger partial charge in [-0.3, -0.25) is 4.90 Å². The average Bonchev–Trinajstić information content (AvgIpc) is 3.14. The fourth-order valence-electron chi connectivity index (χ4n) is 4.28. The van der Waals surface area contributed by atoms with Crippen LogP contribution < -0.4 is 5.32 Å². The number of nitrogens with one attached hydrogen (secondary N) is 1. The van der Waals surface area contributed by atoms with E-state index in [0.29, 0.717) is 11.1 Å². The van der Waals surface area contributed by atoms with E-state index in [2.05, 4.69) is 31.0 Å². The summed E-state index contributed by atoms with van der Waals surface area (Å²) in [6, 6.07) is 0. The highest BCUT2D eigenvalue weighted by molar-refractivity contribution is 5.08. The molecule has 0 radical (unpaired) electrons. The van der Waals surface area contributed by atoms with Crippen LogP contribution in [0, 0.1) is 11.8 Å². The molecule has 0 aromatic carbocycles. The molecular formula is C17H32N2. The van der Waals surface area contributed by atoms with Gasteiger partial charge in [-0.1, -0.05) is 19.8 Å². The quantitative estimate of drug-likeness (QED) is 0.837. The molecule has 1 N–H and O–H groups in total. The van der Waals surface area contributed by atoms with E-state index in [0.717, 1.165) is 11.8 Å². The highest BCUT2D eigenvalue weighted by Crippen LogP contribution is 2.45. The van der Waals surface area contributed by atoms with Crippen LogP contribution in [0.5, 0.6) is 0 Å². The lowest BCUT2D eigenvalue weighted by Crippen LogP contribution is -2.69. The molecule has 2 aliphatic carbocycles. The van der Waals surface area contributed by atoms with Gasteiger partial charge in [-0.2, -0.15) is 0 Å². The van der Waals surface area contributed by atoms with Crippen molar-refractivity contribution in [3.8, 4) is 0 Å². The number of hydrogen-bond donors (Lipinski definition) is 1. The van der Waals surface area contributed by atoms with Gasteiger partial charge in [-0.05, 0) is 57.8 Å². The first-order valence-electron chi connectivity index (χ1n) is 8.56. The summed E-state index contributed by atoms with van der Waals surface area (Å²) < 4.78 is 0. The fourth-order valence-corrected chi connectivity index (χ4v) is 4.28. The van der Waals surface area contributed by atoms with Gasteiger partial charge in [0.1, 0.15) is 0 Å². The Morgan fingerprint density at radius 3 is 2.37 bits per heavy atom. The van der Waals surface area contributed by atoms with Gasteiger partial charge in [0, 0.05) is 30.7 Å². The van der Waals surface area contributed by atoms with Gasteiger partial charge >= 0.3 is 0 Å². The minimum Gasteiger partial charge on any atom is -0.308 e. The van der Waals surface area contributed by atoms with Gasteiger partial charge in [-0.25, -0.2) is 0 Å². The molecule has 3 aliphatic rings. The number of piperazine rings is 1. The molecule has 110 valence electrons. The van der Waals surface area contributed by atoms with Crippen molar-refractivity contribution in [3.63, 3.8) is 0 Å². The zero-order chi connectivity index (χ0) is 13.5. The van der Waals surface area contributed by atoms with Gasteiger partial charge < -0.3 is 5.32 Å². The van der Waals surface area contributed by atoms with Crippen LogP contribution in [-0.2, 0) is 0 Å². The second-order valence-electron chi connectivity index (χ2n) is 7.93. The van der Waals surface area contributed by atoms with E-state index in [1.54, 1.807) is 0 Å². The van der Waals surface area contributed by atoms with Gasteiger partial charge in [-0.15, -0.1) is 0 Å². The number of rotatable bonds is 4. The van der Waals surface area contributed by atoms with Crippen LogP contribution in [0.3, 0.4) is 0 Å². The van der Waals surface area contributed by atoms with Gasteiger partial charge in [0.2, 0.25) is 0 Å². The van der Waals surface area contributed by atoms with E-state index in [1.165, 1.54) is 64.6 Å². The number of hydrogen-bond acceptors (Lipinski definition) is 2. The van der Waals surface area contributed by atoms with Crippen LogP contribution >= 0.6 is 0 Å². The fraction of sp³-hybridized carbons (Fsp3) is 1.00. The number of nitrogens with zero attached hydrogens (tertiary/aromatic N) is 1. The summed E-state index contributed by atoms with van der Waals surface area (Å²) in [5.41, 5.74) is 0.782. The summed E-state index contributed by atoms with van der Waals surface area (Å²) in [6.07, 6.45) is 10.1. The Balaban J connectivity index is 1.72. The largest absolute Gasteiger partial charge is 0.308 e. The molecule has 0 amide bonds. The highest BCUT2D eigenvalue weighted by Gasteiger charge is 2.50. The van der Waals surface area contributed by atoms with E-state index >= 15 is 0 Å². The third-order valence-electron chi connectivity index (χ3n) is 6.33. The normalized spacial score (nSPS) is 41.8. The summed E-state index contributed by atoms with van der Waals surface area (Å²) in [6.45, 7) is 11.1. The molecule has 19 heavy (non-hydrogen) atoms. The van der Waals surface area contributed by atoms with Crippen molar-refractivity contribution in [2.24, 2.45) is 11.8 Å². The van der Waals surface area contributed by atoms with Crippen molar-refractivity contribution in [2.45, 2.75) is 76.8 Å². The zero-order valence-electron chi connectivity index (χ0n) is 13.2. The Morgan fingerprint density at radius 1 is 1.11 bits per heavy atom. The van der Waals surface area contributed by atoms with Crippen LogP contribution in [0.1, 0.15) is 65.7 Å². The molecule has 3 rings (SSSR count).